The van der Waals surface area contributed by atoms with Gasteiger partial charge in [0.15, 0.2) is 11.5 Å². The van der Waals surface area contributed by atoms with Crippen LogP contribution in [-0.2, 0) is 24.2 Å². The number of benzene rings is 3. The molecule has 0 bridgehead atoms. The number of carboxylic acid groups (broad SMARTS) is 1. The van der Waals surface area contributed by atoms with E-state index in [0.29, 0.717) is 46.2 Å². The summed E-state index contributed by atoms with van der Waals surface area (Å²) in [6.45, 7) is 1.64. The molecule has 1 aliphatic rings. The van der Waals surface area contributed by atoms with Crippen molar-refractivity contribution in [1.82, 2.24) is 4.90 Å². The molecule has 8 heteroatoms. The Hall–Kier alpha value is -3.71. The molecule has 3 aromatic carbocycles. The van der Waals surface area contributed by atoms with E-state index in [0.717, 1.165) is 11.1 Å². The number of carbonyl (C=O) groups excluding carboxylic acids is 1. The minimum absolute atomic E-state index is 0.0827. The topological polar surface area (TPSA) is 85.3 Å². The van der Waals surface area contributed by atoms with Crippen LogP contribution in [0, 0.1) is 0 Å². The van der Waals surface area contributed by atoms with Crippen LogP contribution >= 0.6 is 11.6 Å². The highest BCUT2D eigenvalue weighted by Crippen LogP contribution is 2.44. The molecule has 4 rings (SSSR count). The van der Waals surface area contributed by atoms with Gasteiger partial charge in [-0.3, -0.25) is 9.59 Å². The first-order valence-corrected chi connectivity index (χ1v) is 11.9. The van der Waals surface area contributed by atoms with Crippen molar-refractivity contribution in [3.63, 3.8) is 0 Å². The zero-order valence-corrected chi connectivity index (χ0v) is 21.2. The fourth-order valence-electron chi connectivity index (χ4n) is 4.58. The minimum Gasteiger partial charge on any atom is -0.496 e. The summed E-state index contributed by atoms with van der Waals surface area (Å²) in [6, 6.07) is 18.2. The number of methoxy groups -OCH3 is 2. The lowest BCUT2D eigenvalue weighted by Crippen LogP contribution is -2.35. The normalized spacial score (nSPS) is 16.1. The predicted octanol–water partition coefficient (Wildman–Crippen LogP) is 5.02. The summed E-state index contributed by atoms with van der Waals surface area (Å²) < 4.78 is 17.3. The quantitative estimate of drug-likeness (QED) is 0.436. The predicted molar refractivity (Wildman–Crippen MR) is 136 cm³/mol. The largest absolute Gasteiger partial charge is 0.496 e. The molecule has 1 atom stereocenters. The number of para-hydroxylation sites is 1. The van der Waals surface area contributed by atoms with Gasteiger partial charge < -0.3 is 24.2 Å². The van der Waals surface area contributed by atoms with Gasteiger partial charge in [0, 0.05) is 34.6 Å². The van der Waals surface area contributed by atoms with E-state index < -0.39 is 24.0 Å². The molecule has 188 valence electrons. The molecular weight excluding hydrogens is 482 g/mol. The Bertz CT molecular complexity index is 1280. The zero-order valence-electron chi connectivity index (χ0n) is 20.4. The molecule has 36 heavy (non-hydrogen) atoms. The number of carboxylic acids is 1. The SMILES string of the molecule is COc1ccccc1CN(CC(=O)O)C(=O)c1cc2c(c(OC)c1)OC(C)(Cc1ccc(Cl)cc1)C2. The highest BCUT2D eigenvalue weighted by molar-refractivity contribution is 6.30. The number of rotatable bonds is 9. The maximum absolute atomic E-state index is 13.5. The van der Waals surface area contributed by atoms with E-state index in [9.17, 15) is 14.7 Å². The number of hydrogen-bond acceptors (Lipinski definition) is 5. The van der Waals surface area contributed by atoms with Crippen LogP contribution in [0.1, 0.15) is 34.0 Å². The fourth-order valence-corrected chi connectivity index (χ4v) is 4.71. The molecule has 0 aromatic heterocycles. The van der Waals surface area contributed by atoms with E-state index in [-0.39, 0.29) is 6.54 Å². The van der Waals surface area contributed by atoms with Gasteiger partial charge in [-0.25, -0.2) is 0 Å². The van der Waals surface area contributed by atoms with Crippen LogP contribution in [0.25, 0.3) is 0 Å². The summed E-state index contributed by atoms with van der Waals surface area (Å²) in [7, 11) is 3.06. The molecule has 0 fully saturated rings. The Morgan fingerprint density at radius 2 is 1.75 bits per heavy atom. The summed E-state index contributed by atoms with van der Waals surface area (Å²) in [5.74, 6) is 0.0859. The standard InChI is InChI=1S/C28H28ClNO6/c1-28(14-18-8-10-22(29)11-9-18)15-21-12-20(13-24(35-3)26(21)36-28)27(33)30(17-25(31)32)16-19-6-4-5-7-23(19)34-2/h4-13H,14-17H2,1-3H3,(H,31,32). The molecular formula is C28H28ClNO6. The van der Waals surface area contributed by atoms with Gasteiger partial charge in [0.05, 0.1) is 20.8 Å². The molecule has 1 aliphatic heterocycles. The molecule has 3 aromatic rings. The summed E-state index contributed by atoms with van der Waals surface area (Å²) in [5, 5.41) is 10.2. The van der Waals surface area contributed by atoms with Crippen LogP contribution in [0.4, 0.5) is 0 Å². The minimum atomic E-state index is -1.11. The molecule has 1 amide bonds. The lowest BCUT2D eigenvalue weighted by molar-refractivity contribution is -0.137. The maximum Gasteiger partial charge on any atom is 0.323 e. The number of aliphatic carboxylic acids is 1. The number of ether oxygens (including phenoxy) is 3. The number of fused-ring (bicyclic) bond motifs is 1. The van der Waals surface area contributed by atoms with Crippen LogP contribution in [0.3, 0.4) is 0 Å². The van der Waals surface area contributed by atoms with E-state index in [1.165, 1.54) is 19.1 Å². The Kier molecular flexibility index (Phi) is 7.40. The highest BCUT2D eigenvalue weighted by atomic mass is 35.5. The first kappa shape index (κ1) is 25.4. The van der Waals surface area contributed by atoms with E-state index in [4.69, 9.17) is 25.8 Å². The van der Waals surface area contributed by atoms with Crippen molar-refractivity contribution in [2.45, 2.75) is 31.9 Å². The second-order valence-corrected chi connectivity index (χ2v) is 9.50. The van der Waals surface area contributed by atoms with Crippen molar-refractivity contribution in [2.24, 2.45) is 0 Å². The number of hydrogen-bond donors (Lipinski definition) is 1. The first-order chi connectivity index (χ1) is 17.2. The van der Waals surface area contributed by atoms with Crippen LogP contribution in [0.2, 0.25) is 5.02 Å². The Morgan fingerprint density at radius 3 is 2.42 bits per heavy atom. The van der Waals surface area contributed by atoms with Crippen LogP contribution in [0.15, 0.2) is 60.7 Å². The average molecular weight is 510 g/mol. The van der Waals surface area contributed by atoms with Crippen LogP contribution < -0.4 is 14.2 Å². The van der Waals surface area contributed by atoms with E-state index in [1.807, 2.05) is 43.3 Å². The average Bonchev–Trinajstić information content (AvgIpc) is 3.19. The third kappa shape index (κ3) is 5.57. The summed E-state index contributed by atoms with van der Waals surface area (Å²) >= 11 is 6.02. The molecule has 1 unspecified atom stereocenters. The van der Waals surface area contributed by atoms with Gasteiger partial charge in [0.2, 0.25) is 0 Å². The highest BCUT2D eigenvalue weighted by Gasteiger charge is 2.38. The monoisotopic (exact) mass is 509 g/mol. The molecule has 1 heterocycles. The van der Waals surface area contributed by atoms with Crippen molar-refractivity contribution in [3.8, 4) is 17.2 Å². The lowest BCUT2D eigenvalue weighted by atomic mass is 9.91. The van der Waals surface area contributed by atoms with E-state index in [2.05, 4.69) is 0 Å². The van der Waals surface area contributed by atoms with Gasteiger partial charge >= 0.3 is 5.97 Å². The van der Waals surface area contributed by atoms with Crippen LogP contribution in [0.5, 0.6) is 17.2 Å². The molecule has 1 N–H and O–H groups in total. The van der Waals surface area contributed by atoms with Crippen molar-refractivity contribution in [3.05, 3.63) is 87.9 Å². The van der Waals surface area contributed by atoms with Gasteiger partial charge in [0.1, 0.15) is 17.9 Å². The van der Waals surface area contributed by atoms with E-state index in [1.54, 1.807) is 24.3 Å². The third-order valence-corrected chi connectivity index (χ3v) is 6.42. The lowest BCUT2D eigenvalue weighted by Gasteiger charge is -2.24. The molecule has 0 saturated carbocycles. The van der Waals surface area contributed by atoms with Crippen LogP contribution in [-0.4, -0.2) is 48.2 Å². The second-order valence-electron chi connectivity index (χ2n) is 9.07. The van der Waals surface area contributed by atoms with Gasteiger partial charge in [-0.2, -0.15) is 0 Å². The Morgan fingerprint density at radius 1 is 1.06 bits per heavy atom. The smallest absolute Gasteiger partial charge is 0.323 e. The number of carbonyl (C=O) groups is 2. The number of halogens is 1. The first-order valence-electron chi connectivity index (χ1n) is 11.5. The molecule has 0 aliphatic carbocycles. The summed E-state index contributed by atoms with van der Waals surface area (Å²) in [6.07, 6.45) is 1.21. The number of amides is 1. The molecule has 0 saturated heterocycles. The van der Waals surface area contributed by atoms with Gasteiger partial charge in [-0.05, 0) is 42.8 Å². The van der Waals surface area contributed by atoms with Crippen molar-refractivity contribution < 1.29 is 28.9 Å². The Balaban J connectivity index is 1.62. The Labute approximate surface area is 215 Å². The molecule has 0 radical (unpaired) electrons. The molecule has 0 spiro atoms. The van der Waals surface area contributed by atoms with Gasteiger partial charge in [-0.15, -0.1) is 0 Å². The maximum atomic E-state index is 13.5. The molecule has 7 nitrogen and oxygen atoms in total. The van der Waals surface area contributed by atoms with Crippen molar-refractivity contribution in [2.75, 3.05) is 20.8 Å². The number of nitrogens with zero attached hydrogens (tertiary/aromatic N) is 1. The van der Waals surface area contributed by atoms with Gasteiger partial charge in [0.25, 0.3) is 5.91 Å². The van der Waals surface area contributed by atoms with Crippen molar-refractivity contribution in [1.29, 1.82) is 0 Å². The van der Waals surface area contributed by atoms with E-state index >= 15 is 0 Å². The second kappa shape index (κ2) is 10.5. The van der Waals surface area contributed by atoms with Crippen molar-refractivity contribution >= 4 is 23.5 Å². The summed E-state index contributed by atoms with van der Waals surface area (Å²) in [5.41, 5.74) is 2.42. The fraction of sp³-hybridized carbons (Fsp3) is 0.286. The zero-order chi connectivity index (χ0) is 25.9. The summed E-state index contributed by atoms with van der Waals surface area (Å²) in [4.78, 5) is 26.4. The van der Waals surface area contributed by atoms with Gasteiger partial charge in [-0.1, -0.05) is 41.9 Å². The third-order valence-electron chi connectivity index (χ3n) is 6.17.